The van der Waals surface area contributed by atoms with Crippen LogP contribution in [0, 0.1) is 18.8 Å². The fraction of sp³-hybridized carbons (Fsp3) is 0.562. The van der Waals surface area contributed by atoms with Crippen molar-refractivity contribution in [1.82, 2.24) is 5.32 Å². The molecule has 5 heteroatoms. The van der Waals surface area contributed by atoms with E-state index >= 15 is 0 Å². The van der Waals surface area contributed by atoms with Gasteiger partial charge in [-0.15, -0.1) is 12.4 Å². The second-order valence-electron chi connectivity index (χ2n) is 5.75. The highest BCUT2D eigenvalue weighted by molar-refractivity contribution is 9.10. The van der Waals surface area contributed by atoms with E-state index in [2.05, 4.69) is 33.5 Å². The Labute approximate surface area is 141 Å². The van der Waals surface area contributed by atoms with Crippen LogP contribution in [0.1, 0.15) is 31.7 Å². The van der Waals surface area contributed by atoms with Crippen LogP contribution in [0.5, 0.6) is 0 Å². The van der Waals surface area contributed by atoms with Crippen LogP contribution in [0.15, 0.2) is 22.7 Å². The number of anilines is 1. The zero-order valence-corrected chi connectivity index (χ0v) is 15.0. The molecule has 0 aliphatic carbocycles. The smallest absolute Gasteiger partial charge is 0.224 e. The largest absolute Gasteiger partial charge is 0.326 e. The molecular formula is C16H24BrClN2O. The van der Waals surface area contributed by atoms with Crippen LogP contribution in [-0.4, -0.2) is 19.0 Å². The molecule has 2 unspecified atom stereocenters. The highest BCUT2D eigenvalue weighted by Gasteiger charge is 2.22. The van der Waals surface area contributed by atoms with Crippen LogP contribution in [-0.2, 0) is 4.79 Å². The fourth-order valence-corrected chi connectivity index (χ4v) is 3.13. The van der Waals surface area contributed by atoms with E-state index < -0.39 is 0 Å². The second-order valence-corrected chi connectivity index (χ2v) is 6.60. The summed E-state index contributed by atoms with van der Waals surface area (Å²) < 4.78 is 1.03. The van der Waals surface area contributed by atoms with Gasteiger partial charge in [-0.1, -0.05) is 28.9 Å². The average Bonchev–Trinajstić information content (AvgIpc) is 2.45. The maximum atomic E-state index is 12.2. The maximum absolute atomic E-state index is 12.2. The van der Waals surface area contributed by atoms with Crippen molar-refractivity contribution < 1.29 is 4.79 Å². The van der Waals surface area contributed by atoms with Gasteiger partial charge in [0.1, 0.15) is 0 Å². The molecule has 2 atom stereocenters. The Morgan fingerprint density at radius 1 is 1.52 bits per heavy atom. The number of hydrogen-bond acceptors (Lipinski definition) is 2. The highest BCUT2D eigenvalue weighted by atomic mass is 79.9. The Kier molecular flexibility index (Phi) is 7.71. The molecule has 2 N–H and O–H groups in total. The summed E-state index contributed by atoms with van der Waals surface area (Å²) in [5.74, 6) is 1.16. The summed E-state index contributed by atoms with van der Waals surface area (Å²) in [5, 5.41) is 6.45. The predicted octanol–water partition coefficient (Wildman–Crippen LogP) is 4.14. The molecule has 1 saturated heterocycles. The first-order valence-corrected chi connectivity index (χ1v) is 8.13. The molecule has 1 aliphatic heterocycles. The number of halogens is 2. The Balaban J connectivity index is 0.00000220. The number of rotatable bonds is 4. The molecule has 0 aromatic heterocycles. The third-order valence-corrected chi connectivity index (χ3v) is 5.05. The molecular weight excluding hydrogens is 352 g/mol. The molecule has 1 aromatic carbocycles. The van der Waals surface area contributed by atoms with Gasteiger partial charge in [0.25, 0.3) is 0 Å². The van der Waals surface area contributed by atoms with Gasteiger partial charge < -0.3 is 10.6 Å². The number of carbonyl (C=O) groups excluding carboxylic acids is 1. The van der Waals surface area contributed by atoms with Crippen LogP contribution in [0.25, 0.3) is 0 Å². The summed E-state index contributed by atoms with van der Waals surface area (Å²) in [6.45, 7) is 6.36. The topological polar surface area (TPSA) is 41.1 Å². The monoisotopic (exact) mass is 374 g/mol. The maximum Gasteiger partial charge on any atom is 0.224 e. The lowest BCUT2D eigenvalue weighted by Crippen LogP contribution is -2.34. The van der Waals surface area contributed by atoms with E-state index in [0.29, 0.717) is 18.3 Å². The van der Waals surface area contributed by atoms with Gasteiger partial charge in [-0.25, -0.2) is 0 Å². The minimum absolute atomic E-state index is 0. The summed E-state index contributed by atoms with van der Waals surface area (Å²) >= 11 is 3.49. The van der Waals surface area contributed by atoms with Crippen molar-refractivity contribution in [1.29, 1.82) is 0 Å². The summed E-state index contributed by atoms with van der Waals surface area (Å²) in [6.07, 6.45) is 3.05. The summed E-state index contributed by atoms with van der Waals surface area (Å²) in [4.78, 5) is 12.2. The molecule has 1 amide bonds. The quantitative estimate of drug-likeness (QED) is 0.830. The summed E-state index contributed by atoms with van der Waals surface area (Å²) in [5.41, 5.74) is 1.98. The lowest BCUT2D eigenvalue weighted by Gasteiger charge is -2.28. The minimum Gasteiger partial charge on any atom is -0.326 e. The fourth-order valence-electron chi connectivity index (χ4n) is 2.77. The second kappa shape index (κ2) is 8.76. The third kappa shape index (κ3) is 5.28. The molecule has 1 aliphatic rings. The first-order valence-electron chi connectivity index (χ1n) is 7.33. The number of carbonyl (C=O) groups is 1. The van der Waals surface area contributed by atoms with Crippen molar-refractivity contribution in [3.63, 3.8) is 0 Å². The van der Waals surface area contributed by atoms with Gasteiger partial charge in [-0.2, -0.15) is 0 Å². The van der Waals surface area contributed by atoms with Gasteiger partial charge in [-0.05, 0) is 62.4 Å². The molecule has 0 spiro atoms. The van der Waals surface area contributed by atoms with Crippen molar-refractivity contribution in [3.05, 3.63) is 28.2 Å². The van der Waals surface area contributed by atoms with E-state index in [1.165, 1.54) is 12.8 Å². The number of benzene rings is 1. The predicted molar refractivity (Wildman–Crippen MR) is 94.1 cm³/mol. The van der Waals surface area contributed by atoms with Crippen LogP contribution >= 0.6 is 28.3 Å². The zero-order chi connectivity index (χ0) is 14.5. The van der Waals surface area contributed by atoms with E-state index in [1.807, 2.05) is 25.1 Å². The number of hydrogen-bond donors (Lipinski definition) is 2. The number of amides is 1. The van der Waals surface area contributed by atoms with E-state index in [4.69, 9.17) is 0 Å². The molecule has 118 valence electrons. The molecule has 1 fully saturated rings. The third-order valence-electron chi connectivity index (χ3n) is 4.19. The number of piperidine rings is 1. The molecule has 3 nitrogen and oxygen atoms in total. The molecule has 2 rings (SSSR count). The summed E-state index contributed by atoms with van der Waals surface area (Å²) in [7, 11) is 0. The molecule has 0 bridgehead atoms. The van der Waals surface area contributed by atoms with Gasteiger partial charge in [-0.3, -0.25) is 4.79 Å². The average molecular weight is 376 g/mol. The highest BCUT2D eigenvalue weighted by Crippen LogP contribution is 2.26. The normalized spacial score (nSPS) is 19.5. The standard InChI is InChI=1S/C16H23BrN2O.ClH/c1-11(13-5-4-8-18-10-13)9-16(20)19-15-7-3-6-14(17)12(15)2;/h3,6-7,11,13,18H,4-5,8-10H2,1-2H3,(H,19,20);1H. The van der Waals surface area contributed by atoms with Gasteiger partial charge in [0.15, 0.2) is 0 Å². The molecule has 1 heterocycles. The zero-order valence-electron chi connectivity index (χ0n) is 12.6. The van der Waals surface area contributed by atoms with Crippen LogP contribution < -0.4 is 10.6 Å². The Morgan fingerprint density at radius 3 is 2.95 bits per heavy atom. The Hall–Kier alpha value is -0.580. The van der Waals surface area contributed by atoms with E-state index in [-0.39, 0.29) is 18.3 Å². The van der Waals surface area contributed by atoms with Gasteiger partial charge in [0.2, 0.25) is 5.91 Å². The molecule has 1 aromatic rings. The first kappa shape index (κ1) is 18.5. The van der Waals surface area contributed by atoms with Crippen molar-refractivity contribution >= 4 is 39.9 Å². The van der Waals surface area contributed by atoms with E-state index in [0.717, 1.165) is 28.8 Å². The van der Waals surface area contributed by atoms with Crippen LogP contribution in [0.2, 0.25) is 0 Å². The van der Waals surface area contributed by atoms with E-state index in [1.54, 1.807) is 0 Å². The molecule has 0 radical (unpaired) electrons. The number of nitrogens with one attached hydrogen (secondary N) is 2. The Bertz CT molecular complexity index is 475. The lowest BCUT2D eigenvalue weighted by molar-refractivity contribution is -0.117. The van der Waals surface area contributed by atoms with E-state index in [9.17, 15) is 4.79 Å². The molecule has 0 saturated carbocycles. The van der Waals surface area contributed by atoms with Gasteiger partial charge >= 0.3 is 0 Å². The van der Waals surface area contributed by atoms with Crippen LogP contribution in [0.3, 0.4) is 0 Å². The van der Waals surface area contributed by atoms with Crippen molar-refractivity contribution in [2.24, 2.45) is 11.8 Å². The van der Waals surface area contributed by atoms with Crippen molar-refractivity contribution in [2.45, 2.75) is 33.1 Å². The Morgan fingerprint density at radius 2 is 2.29 bits per heavy atom. The molecule has 21 heavy (non-hydrogen) atoms. The van der Waals surface area contributed by atoms with Crippen molar-refractivity contribution in [3.8, 4) is 0 Å². The van der Waals surface area contributed by atoms with Crippen molar-refractivity contribution in [2.75, 3.05) is 18.4 Å². The van der Waals surface area contributed by atoms with Crippen LogP contribution in [0.4, 0.5) is 5.69 Å². The minimum atomic E-state index is 0. The summed E-state index contributed by atoms with van der Waals surface area (Å²) in [6, 6.07) is 5.88. The van der Waals surface area contributed by atoms with Gasteiger partial charge in [0.05, 0.1) is 0 Å². The SMILES string of the molecule is Cc1c(Br)cccc1NC(=O)CC(C)C1CCCNC1.Cl. The van der Waals surface area contributed by atoms with Gasteiger partial charge in [0, 0.05) is 16.6 Å². The lowest BCUT2D eigenvalue weighted by atomic mass is 9.85. The first-order chi connectivity index (χ1) is 9.58.